The van der Waals surface area contributed by atoms with Crippen molar-refractivity contribution in [2.45, 2.75) is 271 Å². The molecule has 0 saturated carbocycles. The molecule has 6 heteroatoms. The second-order valence-corrected chi connectivity index (χ2v) is 19.2. The topological polar surface area (TPSA) is 78.9 Å². The first kappa shape index (κ1) is 67.1. The van der Waals surface area contributed by atoms with Gasteiger partial charge in [0, 0.05) is 19.3 Å². The fourth-order valence-electron chi connectivity index (χ4n) is 7.82. The number of hydrogen-bond acceptors (Lipinski definition) is 6. The van der Waals surface area contributed by atoms with Crippen molar-refractivity contribution in [1.82, 2.24) is 0 Å². The molecule has 0 aromatic heterocycles. The Kier molecular flexibility index (Phi) is 55.4. The lowest BCUT2D eigenvalue weighted by molar-refractivity contribution is -0.167. The number of allylic oxidation sites excluding steroid dienone is 18. The molecule has 0 fully saturated rings. The molecule has 0 bridgehead atoms. The van der Waals surface area contributed by atoms with Gasteiger partial charge in [0.25, 0.3) is 0 Å². The van der Waals surface area contributed by atoms with E-state index >= 15 is 0 Å². The highest BCUT2D eigenvalue weighted by Gasteiger charge is 2.19. The zero-order chi connectivity index (χ0) is 51.4. The predicted molar refractivity (Wildman–Crippen MR) is 307 cm³/mol. The van der Waals surface area contributed by atoms with E-state index in [0.29, 0.717) is 19.3 Å². The van der Waals surface area contributed by atoms with Crippen LogP contribution in [-0.2, 0) is 28.6 Å². The summed E-state index contributed by atoms with van der Waals surface area (Å²) in [6.07, 6.45) is 79.4. The minimum absolute atomic E-state index is 0.0974. The van der Waals surface area contributed by atoms with Crippen LogP contribution < -0.4 is 0 Å². The smallest absolute Gasteiger partial charge is 0.306 e. The number of unbranched alkanes of at least 4 members (excludes halogenated alkanes) is 23. The van der Waals surface area contributed by atoms with Crippen LogP contribution in [0.5, 0.6) is 0 Å². The predicted octanol–water partition coefficient (Wildman–Crippen LogP) is 19.9. The van der Waals surface area contributed by atoms with Crippen molar-refractivity contribution in [2.24, 2.45) is 0 Å². The number of carbonyl (C=O) groups is 3. The van der Waals surface area contributed by atoms with E-state index in [1.165, 1.54) is 89.9 Å². The normalized spacial score (nSPS) is 12.9. The number of rotatable bonds is 52. The van der Waals surface area contributed by atoms with Gasteiger partial charge in [-0.15, -0.1) is 0 Å². The molecule has 1 atom stereocenters. The molecule has 0 amide bonds. The summed E-state index contributed by atoms with van der Waals surface area (Å²) < 4.78 is 16.8. The van der Waals surface area contributed by atoms with Crippen molar-refractivity contribution < 1.29 is 28.6 Å². The molecule has 0 rings (SSSR count). The summed E-state index contributed by atoms with van der Waals surface area (Å²) in [6, 6.07) is 0. The van der Waals surface area contributed by atoms with Crippen LogP contribution in [0.1, 0.15) is 265 Å². The summed E-state index contributed by atoms with van der Waals surface area (Å²) in [7, 11) is 0. The molecule has 0 radical (unpaired) electrons. The largest absolute Gasteiger partial charge is 0.462 e. The molecule has 0 aliphatic heterocycles. The van der Waals surface area contributed by atoms with Crippen molar-refractivity contribution in [3.8, 4) is 0 Å². The minimum atomic E-state index is -0.801. The van der Waals surface area contributed by atoms with Crippen molar-refractivity contribution in [3.63, 3.8) is 0 Å². The van der Waals surface area contributed by atoms with E-state index in [2.05, 4.69) is 130 Å². The Bertz CT molecular complexity index is 1460. The quantitative estimate of drug-likeness (QED) is 0.0261. The van der Waals surface area contributed by atoms with Crippen LogP contribution in [0.2, 0.25) is 0 Å². The molecule has 0 N–H and O–H groups in total. The first-order chi connectivity index (χ1) is 35.0. The molecule has 71 heavy (non-hydrogen) atoms. The summed E-state index contributed by atoms with van der Waals surface area (Å²) in [6.45, 7) is 6.46. The zero-order valence-electron chi connectivity index (χ0n) is 46.2. The molecule has 0 aromatic carbocycles. The van der Waals surface area contributed by atoms with Crippen molar-refractivity contribution in [1.29, 1.82) is 0 Å². The van der Waals surface area contributed by atoms with Gasteiger partial charge in [-0.2, -0.15) is 0 Å². The maximum atomic E-state index is 12.8. The fraction of sp³-hybridized carbons (Fsp3) is 0.677. The van der Waals surface area contributed by atoms with Crippen LogP contribution in [0.3, 0.4) is 0 Å². The Morgan fingerprint density at radius 2 is 0.549 bits per heavy atom. The zero-order valence-corrected chi connectivity index (χ0v) is 46.2. The van der Waals surface area contributed by atoms with Crippen molar-refractivity contribution in [3.05, 3.63) is 109 Å². The summed E-state index contributed by atoms with van der Waals surface area (Å²) in [5.41, 5.74) is 0. The molecule has 0 aliphatic rings. The molecule has 0 aliphatic carbocycles. The molecule has 0 spiro atoms. The molecule has 6 nitrogen and oxygen atoms in total. The molecule has 404 valence electrons. The maximum absolute atomic E-state index is 12.8. The third kappa shape index (κ3) is 56.9. The highest BCUT2D eigenvalue weighted by Crippen LogP contribution is 2.14. The van der Waals surface area contributed by atoms with Crippen LogP contribution in [-0.4, -0.2) is 37.2 Å². The molecule has 0 saturated heterocycles. The second-order valence-electron chi connectivity index (χ2n) is 19.2. The van der Waals surface area contributed by atoms with Gasteiger partial charge in [-0.1, -0.05) is 226 Å². The van der Waals surface area contributed by atoms with Gasteiger partial charge in [0.1, 0.15) is 13.2 Å². The van der Waals surface area contributed by atoms with Crippen LogP contribution in [0.4, 0.5) is 0 Å². The van der Waals surface area contributed by atoms with Gasteiger partial charge in [-0.3, -0.25) is 14.4 Å². The lowest BCUT2D eigenvalue weighted by atomic mass is 10.1. The van der Waals surface area contributed by atoms with Crippen LogP contribution in [0.15, 0.2) is 109 Å². The van der Waals surface area contributed by atoms with E-state index in [4.69, 9.17) is 14.2 Å². The third-order valence-electron chi connectivity index (χ3n) is 12.2. The molecule has 0 heterocycles. The monoisotopic (exact) mass is 985 g/mol. The van der Waals surface area contributed by atoms with Gasteiger partial charge < -0.3 is 14.2 Å². The van der Waals surface area contributed by atoms with E-state index in [1.54, 1.807) is 0 Å². The first-order valence-corrected chi connectivity index (χ1v) is 29.4. The average Bonchev–Trinajstić information content (AvgIpc) is 3.37. The van der Waals surface area contributed by atoms with Gasteiger partial charge in [0.15, 0.2) is 6.10 Å². The molecule has 1 unspecified atom stereocenters. The van der Waals surface area contributed by atoms with Crippen LogP contribution in [0, 0.1) is 0 Å². The van der Waals surface area contributed by atoms with Crippen LogP contribution >= 0.6 is 0 Å². The van der Waals surface area contributed by atoms with Crippen molar-refractivity contribution in [2.75, 3.05) is 13.2 Å². The van der Waals surface area contributed by atoms with Crippen LogP contribution in [0.25, 0.3) is 0 Å². The highest BCUT2D eigenvalue weighted by molar-refractivity contribution is 5.71. The Balaban J connectivity index is 4.42. The van der Waals surface area contributed by atoms with E-state index in [0.717, 1.165) is 135 Å². The van der Waals surface area contributed by atoms with Crippen molar-refractivity contribution >= 4 is 17.9 Å². The Labute approximate surface area is 438 Å². The number of hydrogen-bond donors (Lipinski definition) is 0. The van der Waals surface area contributed by atoms with Gasteiger partial charge in [-0.05, 0) is 128 Å². The molecular weight excluding hydrogens is 877 g/mol. The van der Waals surface area contributed by atoms with Gasteiger partial charge >= 0.3 is 17.9 Å². The Morgan fingerprint density at radius 1 is 0.296 bits per heavy atom. The van der Waals surface area contributed by atoms with Gasteiger partial charge in [0.05, 0.1) is 0 Å². The Hall–Kier alpha value is -3.93. The number of esters is 3. The third-order valence-corrected chi connectivity index (χ3v) is 12.2. The summed E-state index contributed by atoms with van der Waals surface area (Å²) >= 11 is 0. The molecule has 0 aromatic rings. The average molecular weight is 986 g/mol. The summed E-state index contributed by atoms with van der Waals surface area (Å²) in [5, 5.41) is 0. The Morgan fingerprint density at radius 3 is 0.915 bits per heavy atom. The fourth-order valence-corrected chi connectivity index (χ4v) is 7.82. The number of ether oxygens (including phenoxy) is 3. The van der Waals surface area contributed by atoms with E-state index in [9.17, 15) is 14.4 Å². The summed E-state index contributed by atoms with van der Waals surface area (Å²) in [4.78, 5) is 38.1. The first-order valence-electron chi connectivity index (χ1n) is 29.4. The maximum Gasteiger partial charge on any atom is 0.306 e. The standard InChI is InChI=1S/C65H108O6/c1-4-7-10-13-16-19-22-25-27-29-30-31-32-33-34-35-36-37-39-40-43-46-49-52-55-58-64(67)70-61-62(60-69-63(66)57-54-51-48-45-42-24-21-18-15-12-9-6-3)71-65(68)59-56-53-50-47-44-41-38-28-26-23-20-17-14-11-8-5-2/h7,10,16,18-19,21,25,27-28,30-31,33-34,36-38,40,43,62H,4-6,8-9,11-15,17,20,22-24,26,29,32,35,39,41-42,44-61H2,1-3H3/b10-7-,19-16-,21-18-,27-25-,31-30-,34-33-,37-36-,38-28-,43-40-. The SMILES string of the molecule is CC/C=C\C/C=C\C/C=C\C/C=C\C/C=C\C/C=C\C/C=C\CCCCCC(=O)OCC(COC(=O)CCCCCCC/C=C\CCCCC)OC(=O)CCCCCCC/C=C\CCCCCCCCC. The van der Waals surface area contributed by atoms with Gasteiger partial charge in [0.2, 0.25) is 0 Å². The summed E-state index contributed by atoms with van der Waals surface area (Å²) in [5.74, 6) is -0.947. The van der Waals surface area contributed by atoms with Gasteiger partial charge in [-0.25, -0.2) is 0 Å². The van der Waals surface area contributed by atoms with E-state index < -0.39 is 6.10 Å². The highest BCUT2D eigenvalue weighted by atomic mass is 16.6. The van der Waals surface area contributed by atoms with E-state index in [-0.39, 0.29) is 31.1 Å². The minimum Gasteiger partial charge on any atom is -0.462 e. The second kappa shape index (κ2) is 58.6. The lowest BCUT2D eigenvalue weighted by Gasteiger charge is -2.18. The lowest BCUT2D eigenvalue weighted by Crippen LogP contribution is -2.30. The number of carbonyl (C=O) groups excluding carboxylic acids is 3. The van der Waals surface area contributed by atoms with E-state index in [1.807, 2.05) is 0 Å². The molecular formula is C65H108O6.